The number of nitrogens with zero attached hydrogens (tertiary/aromatic N) is 2. The van der Waals surface area contributed by atoms with Crippen molar-refractivity contribution in [3.8, 4) is 0 Å². The van der Waals surface area contributed by atoms with Crippen molar-refractivity contribution in [2.45, 2.75) is 19.0 Å². The Morgan fingerprint density at radius 3 is 2.62 bits per heavy atom. The summed E-state index contributed by atoms with van der Waals surface area (Å²) in [5, 5.41) is 5.79. The summed E-state index contributed by atoms with van der Waals surface area (Å²) < 4.78 is 2.66. The van der Waals surface area contributed by atoms with Crippen molar-refractivity contribution in [1.29, 1.82) is 0 Å². The van der Waals surface area contributed by atoms with Crippen LogP contribution in [-0.4, -0.2) is 39.4 Å². The number of imidazole rings is 1. The number of rotatable bonds is 8. The molecule has 6 nitrogen and oxygen atoms in total. The lowest BCUT2D eigenvalue weighted by Gasteiger charge is -2.18. The molecule has 1 aromatic heterocycles. The Labute approximate surface area is 182 Å². The fraction of sp³-hybridized carbons (Fsp3) is 0.286. The fourth-order valence-electron chi connectivity index (χ4n) is 3.03. The first-order chi connectivity index (χ1) is 14.0. The maximum absolute atomic E-state index is 12.8. The first-order valence-corrected chi connectivity index (χ1v) is 11.4. The Kier molecular flexibility index (Phi) is 7.33. The molecular formula is C21H23BrN4O2S. The van der Waals surface area contributed by atoms with E-state index in [4.69, 9.17) is 0 Å². The van der Waals surface area contributed by atoms with Crippen molar-refractivity contribution in [2.24, 2.45) is 7.05 Å². The third-order valence-electron chi connectivity index (χ3n) is 4.65. The molecule has 1 unspecified atom stereocenters. The average Bonchev–Trinajstić information content (AvgIpc) is 3.05. The molecule has 0 aliphatic heterocycles. The van der Waals surface area contributed by atoms with Crippen molar-refractivity contribution < 1.29 is 9.59 Å². The minimum absolute atomic E-state index is 0.216. The van der Waals surface area contributed by atoms with E-state index >= 15 is 0 Å². The molecule has 152 valence electrons. The standard InChI is InChI=1S/C21H23BrN4O2S/c1-26-18-10-6-5-9-16(18)24-19(26)13-23-21(28)17(11-12-29-2)25-20(27)14-7-3-4-8-15(14)22/h3-10,17H,11-13H2,1-2H3,(H,23,28)(H,25,27). The summed E-state index contributed by atoms with van der Waals surface area (Å²) in [6.07, 6.45) is 2.52. The van der Waals surface area contributed by atoms with E-state index in [0.717, 1.165) is 22.6 Å². The number of para-hydroxylation sites is 2. The quantitative estimate of drug-likeness (QED) is 0.523. The number of hydrogen-bond acceptors (Lipinski definition) is 4. The summed E-state index contributed by atoms with van der Waals surface area (Å²) in [7, 11) is 1.93. The SMILES string of the molecule is CSCCC(NC(=O)c1ccccc1Br)C(=O)NCc1nc2ccccc2n1C. The number of aromatic nitrogens is 2. The van der Waals surface area contributed by atoms with Gasteiger partial charge in [-0.3, -0.25) is 9.59 Å². The highest BCUT2D eigenvalue weighted by molar-refractivity contribution is 9.10. The number of halogens is 1. The Morgan fingerprint density at radius 2 is 1.90 bits per heavy atom. The lowest BCUT2D eigenvalue weighted by atomic mass is 10.1. The molecule has 8 heteroatoms. The molecule has 0 saturated carbocycles. The number of thioether (sulfide) groups is 1. The van der Waals surface area contributed by atoms with E-state index in [2.05, 4.69) is 31.5 Å². The van der Waals surface area contributed by atoms with Crippen LogP contribution in [0.3, 0.4) is 0 Å². The molecule has 0 aliphatic carbocycles. The van der Waals surface area contributed by atoms with Gasteiger partial charge in [0.05, 0.1) is 23.1 Å². The average molecular weight is 475 g/mol. The second-order valence-corrected chi connectivity index (χ2v) is 8.42. The Hall–Kier alpha value is -2.32. The normalized spacial score (nSPS) is 12.0. The lowest BCUT2D eigenvalue weighted by Crippen LogP contribution is -2.47. The molecule has 29 heavy (non-hydrogen) atoms. The van der Waals surface area contributed by atoms with Gasteiger partial charge in [-0.05, 0) is 58.6 Å². The molecule has 0 bridgehead atoms. The molecule has 0 spiro atoms. The summed E-state index contributed by atoms with van der Waals surface area (Å²) in [6, 6.07) is 14.4. The molecule has 1 atom stereocenters. The van der Waals surface area contributed by atoms with Crippen molar-refractivity contribution in [2.75, 3.05) is 12.0 Å². The van der Waals surface area contributed by atoms with Crippen molar-refractivity contribution in [3.63, 3.8) is 0 Å². The molecule has 1 heterocycles. The van der Waals surface area contributed by atoms with E-state index in [-0.39, 0.29) is 11.8 Å². The van der Waals surface area contributed by atoms with E-state index < -0.39 is 6.04 Å². The minimum atomic E-state index is -0.614. The van der Waals surface area contributed by atoms with Crippen LogP contribution in [0.25, 0.3) is 11.0 Å². The van der Waals surface area contributed by atoms with Gasteiger partial charge in [-0.2, -0.15) is 11.8 Å². The van der Waals surface area contributed by atoms with Crippen LogP contribution in [0.4, 0.5) is 0 Å². The number of benzene rings is 2. The van der Waals surface area contributed by atoms with Gasteiger partial charge in [0.15, 0.2) is 0 Å². The van der Waals surface area contributed by atoms with Crippen LogP contribution in [0, 0.1) is 0 Å². The largest absolute Gasteiger partial charge is 0.347 e. The van der Waals surface area contributed by atoms with E-state index in [0.29, 0.717) is 23.0 Å². The molecule has 0 fully saturated rings. The fourth-order valence-corrected chi connectivity index (χ4v) is 3.97. The first-order valence-electron chi connectivity index (χ1n) is 9.23. The monoisotopic (exact) mass is 474 g/mol. The van der Waals surface area contributed by atoms with Crippen LogP contribution in [-0.2, 0) is 18.4 Å². The van der Waals surface area contributed by atoms with Crippen LogP contribution in [0.15, 0.2) is 53.0 Å². The van der Waals surface area contributed by atoms with E-state index in [1.807, 2.05) is 48.2 Å². The molecule has 0 aliphatic rings. The summed E-state index contributed by atoms with van der Waals surface area (Å²) >= 11 is 5.02. The van der Waals surface area contributed by atoms with Crippen molar-refractivity contribution in [1.82, 2.24) is 20.2 Å². The number of nitrogens with one attached hydrogen (secondary N) is 2. The molecular weight excluding hydrogens is 452 g/mol. The highest BCUT2D eigenvalue weighted by Gasteiger charge is 2.22. The minimum Gasteiger partial charge on any atom is -0.347 e. The van der Waals surface area contributed by atoms with Gasteiger partial charge >= 0.3 is 0 Å². The third-order valence-corrected chi connectivity index (χ3v) is 5.99. The maximum Gasteiger partial charge on any atom is 0.253 e. The molecule has 2 N–H and O–H groups in total. The number of carbonyl (C=O) groups is 2. The van der Waals surface area contributed by atoms with Crippen LogP contribution in [0.5, 0.6) is 0 Å². The second kappa shape index (κ2) is 9.93. The Bertz CT molecular complexity index is 1020. The third kappa shape index (κ3) is 5.19. The summed E-state index contributed by atoms with van der Waals surface area (Å²) in [4.78, 5) is 30.0. The lowest BCUT2D eigenvalue weighted by molar-refractivity contribution is -0.123. The predicted molar refractivity (Wildman–Crippen MR) is 121 cm³/mol. The Morgan fingerprint density at radius 1 is 1.17 bits per heavy atom. The van der Waals surface area contributed by atoms with Gasteiger partial charge in [0.2, 0.25) is 5.91 Å². The van der Waals surface area contributed by atoms with Gasteiger partial charge in [-0.25, -0.2) is 4.98 Å². The highest BCUT2D eigenvalue weighted by Crippen LogP contribution is 2.16. The molecule has 3 aromatic rings. The number of amides is 2. The van der Waals surface area contributed by atoms with Crippen LogP contribution in [0.1, 0.15) is 22.6 Å². The van der Waals surface area contributed by atoms with Gasteiger partial charge in [-0.15, -0.1) is 0 Å². The number of fused-ring (bicyclic) bond motifs is 1. The molecule has 0 saturated heterocycles. The van der Waals surface area contributed by atoms with Crippen LogP contribution >= 0.6 is 27.7 Å². The van der Waals surface area contributed by atoms with Crippen molar-refractivity contribution >= 4 is 50.5 Å². The topological polar surface area (TPSA) is 76.0 Å². The predicted octanol–water partition coefficient (Wildman–Crippen LogP) is 3.50. The van der Waals surface area contributed by atoms with Gasteiger partial charge in [-0.1, -0.05) is 24.3 Å². The zero-order chi connectivity index (χ0) is 20.8. The molecule has 0 radical (unpaired) electrons. The number of aryl methyl sites for hydroxylation is 1. The number of carbonyl (C=O) groups excluding carboxylic acids is 2. The number of hydrogen-bond donors (Lipinski definition) is 2. The maximum atomic E-state index is 12.8. The summed E-state index contributed by atoms with van der Waals surface area (Å²) in [6.45, 7) is 0.296. The molecule has 2 aromatic carbocycles. The molecule has 2 amide bonds. The van der Waals surface area contributed by atoms with Crippen molar-refractivity contribution in [3.05, 3.63) is 64.4 Å². The van der Waals surface area contributed by atoms with Gasteiger partial charge < -0.3 is 15.2 Å². The van der Waals surface area contributed by atoms with Crippen LogP contribution < -0.4 is 10.6 Å². The highest BCUT2D eigenvalue weighted by atomic mass is 79.9. The Balaban J connectivity index is 1.69. The van der Waals surface area contributed by atoms with Gasteiger partial charge in [0, 0.05) is 11.5 Å². The summed E-state index contributed by atoms with van der Waals surface area (Å²) in [5.41, 5.74) is 2.41. The zero-order valence-corrected chi connectivity index (χ0v) is 18.7. The van der Waals surface area contributed by atoms with E-state index in [1.165, 1.54) is 0 Å². The van der Waals surface area contributed by atoms with E-state index in [1.54, 1.807) is 30.0 Å². The van der Waals surface area contributed by atoms with Gasteiger partial charge in [0.1, 0.15) is 11.9 Å². The van der Waals surface area contributed by atoms with Crippen LogP contribution in [0.2, 0.25) is 0 Å². The first kappa shape index (κ1) is 21.4. The smallest absolute Gasteiger partial charge is 0.253 e. The second-order valence-electron chi connectivity index (χ2n) is 6.58. The van der Waals surface area contributed by atoms with E-state index in [9.17, 15) is 9.59 Å². The molecule has 3 rings (SSSR count). The summed E-state index contributed by atoms with van der Waals surface area (Å²) in [5.74, 6) is 1.04. The zero-order valence-electron chi connectivity index (χ0n) is 16.3. The van der Waals surface area contributed by atoms with Gasteiger partial charge in [0.25, 0.3) is 5.91 Å².